The van der Waals surface area contributed by atoms with E-state index in [-0.39, 0.29) is 23.1 Å². The van der Waals surface area contributed by atoms with E-state index in [1.807, 2.05) is 13.0 Å². The summed E-state index contributed by atoms with van der Waals surface area (Å²) in [7, 11) is -3.52. The molecule has 1 saturated heterocycles. The summed E-state index contributed by atoms with van der Waals surface area (Å²) in [6.45, 7) is 4.81. The molecule has 0 aliphatic carbocycles. The Morgan fingerprint density at radius 2 is 1.71 bits per heavy atom. The van der Waals surface area contributed by atoms with Gasteiger partial charge in [-0.1, -0.05) is 18.2 Å². The number of ether oxygens (including phenoxy) is 1. The van der Waals surface area contributed by atoms with Crippen molar-refractivity contribution in [1.82, 2.24) is 4.31 Å². The number of nitrogens with one attached hydrogen (secondary N) is 2. The number of aryl methyl sites for hydroxylation is 2. The van der Waals surface area contributed by atoms with Crippen LogP contribution in [0.4, 0.5) is 11.4 Å². The standard InChI is InChI=1S/C22H27N3O5S/c1-16-3-7-19(23-17(2)26)15-21(16)24-22(27)10-6-18-4-8-20(9-5-18)31(28,29)25-11-13-30-14-12-25/h3-5,7-9,15H,6,10-14H2,1-2H3,(H,23,26)(H,24,27). The van der Waals surface area contributed by atoms with E-state index in [1.165, 1.54) is 11.2 Å². The average Bonchev–Trinajstić information content (AvgIpc) is 2.75. The van der Waals surface area contributed by atoms with E-state index in [9.17, 15) is 18.0 Å². The second-order valence-electron chi connectivity index (χ2n) is 7.42. The number of rotatable bonds is 7. The third-order valence-electron chi connectivity index (χ3n) is 5.00. The first kappa shape index (κ1) is 22.9. The van der Waals surface area contributed by atoms with Gasteiger partial charge in [-0.15, -0.1) is 0 Å². The molecule has 2 amide bonds. The molecule has 2 aromatic rings. The fourth-order valence-electron chi connectivity index (χ4n) is 3.27. The Balaban J connectivity index is 1.58. The van der Waals surface area contributed by atoms with Crippen molar-refractivity contribution < 1.29 is 22.7 Å². The monoisotopic (exact) mass is 445 g/mol. The maximum atomic E-state index is 12.7. The van der Waals surface area contributed by atoms with Crippen LogP contribution in [0.2, 0.25) is 0 Å². The Kier molecular flexibility index (Phi) is 7.42. The molecular weight excluding hydrogens is 418 g/mol. The number of hydrogen-bond donors (Lipinski definition) is 2. The van der Waals surface area contributed by atoms with Crippen LogP contribution in [-0.2, 0) is 30.8 Å². The van der Waals surface area contributed by atoms with Crippen LogP contribution in [0, 0.1) is 6.92 Å². The van der Waals surface area contributed by atoms with Crippen molar-refractivity contribution in [2.24, 2.45) is 0 Å². The number of benzene rings is 2. The highest BCUT2D eigenvalue weighted by Crippen LogP contribution is 2.21. The largest absolute Gasteiger partial charge is 0.379 e. The maximum Gasteiger partial charge on any atom is 0.243 e. The summed E-state index contributed by atoms with van der Waals surface area (Å²) < 4.78 is 32.0. The normalized spacial score (nSPS) is 14.8. The number of carbonyl (C=O) groups is 2. The number of anilines is 2. The van der Waals surface area contributed by atoms with Gasteiger partial charge in [0.2, 0.25) is 21.8 Å². The number of hydrogen-bond acceptors (Lipinski definition) is 5. The Bertz CT molecular complexity index is 1050. The van der Waals surface area contributed by atoms with Crippen molar-refractivity contribution in [3.63, 3.8) is 0 Å². The molecule has 0 aromatic heterocycles. The number of nitrogens with zero attached hydrogens (tertiary/aromatic N) is 1. The van der Waals surface area contributed by atoms with Gasteiger partial charge in [-0.3, -0.25) is 9.59 Å². The van der Waals surface area contributed by atoms with E-state index in [0.29, 0.717) is 44.1 Å². The van der Waals surface area contributed by atoms with Crippen molar-refractivity contribution >= 4 is 33.2 Å². The molecule has 2 aromatic carbocycles. The first-order valence-electron chi connectivity index (χ1n) is 10.1. The third-order valence-corrected chi connectivity index (χ3v) is 6.92. The molecule has 0 radical (unpaired) electrons. The third kappa shape index (κ3) is 6.13. The molecule has 3 rings (SSSR count). The van der Waals surface area contributed by atoms with Crippen molar-refractivity contribution in [3.8, 4) is 0 Å². The lowest BCUT2D eigenvalue weighted by atomic mass is 10.1. The molecule has 2 N–H and O–H groups in total. The number of carbonyl (C=O) groups excluding carboxylic acids is 2. The Hall–Kier alpha value is -2.75. The Morgan fingerprint density at radius 3 is 2.35 bits per heavy atom. The van der Waals surface area contributed by atoms with Crippen molar-refractivity contribution in [2.45, 2.75) is 31.6 Å². The van der Waals surface area contributed by atoms with E-state index >= 15 is 0 Å². The second kappa shape index (κ2) is 10.0. The van der Waals surface area contributed by atoms with Gasteiger partial charge in [0.1, 0.15) is 0 Å². The van der Waals surface area contributed by atoms with E-state index < -0.39 is 10.0 Å². The van der Waals surface area contributed by atoms with E-state index in [4.69, 9.17) is 4.74 Å². The number of morpholine rings is 1. The van der Waals surface area contributed by atoms with Crippen LogP contribution in [0.3, 0.4) is 0 Å². The predicted octanol–water partition coefficient (Wildman–Crippen LogP) is 2.55. The number of amides is 2. The Labute approximate surface area is 182 Å². The minimum absolute atomic E-state index is 0.159. The fourth-order valence-corrected chi connectivity index (χ4v) is 4.68. The first-order chi connectivity index (χ1) is 14.8. The van der Waals surface area contributed by atoms with Crippen LogP contribution in [0.1, 0.15) is 24.5 Å². The quantitative estimate of drug-likeness (QED) is 0.682. The zero-order valence-corrected chi connectivity index (χ0v) is 18.5. The van der Waals surface area contributed by atoms with Crippen molar-refractivity contribution in [2.75, 3.05) is 36.9 Å². The van der Waals surface area contributed by atoms with Gasteiger partial charge in [-0.05, 0) is 48.7 Å². The summed E-state index contributed by atoms with van der Waals surface area (Å²) in [5.41, 5.74) is 3.02. The lowest BCUT2D eigenvalue weighted by molar-refractivity contribution is -0.116. The topological polar surface area (TPSA) is 105 Å². The first-order valence-corrected chi connectivity index (χ1v) is 11.5. The van der Waals surface area contributed by atoms with Crippen molar-refractivity contribution in [3.05, 3.63) is 53.6 Å². The molecule has 0 unspecified atom stereocenters. The van der Waals surface area contributed by atoms with Gasteiger partial charge < -0.3 is 15.4 Å². The smallest absolute Gasteiger partial charge is 0.243 e. The molecule has 1 aliphatic heterocycles. The van der Waals surface area contributed by atoms with E-state index in [1.54, 1.807) is 36.4 Å². The zero-order chi connectivity index (χ0) is 22.4. The maximum absolute atomic E-state index is 12.7. The minimum atomic E-state index is -3.52. The molecular formula is C22H27N3O5S. The molecule has 0 atom stereocenters. The number of sulfonamides is 1. The predicted molar refractivity (Wildman–Crippen MR) is 118 cm³/mol. The van der Waals surface area contributed by atoms with Gasteiger partial charge in [0, 0.05) is 37.8 Å². The summed E-state index contributed by atoms with van der Waals surface area (Å²) in [5, 5.41) is 5.56. The van der Waals surface area contributed by atoms with Gasteiger partial charge in [0.25, 0.3) is 0 Å². The lowest BCUT2D eigenvalue weighted by Gasteiger charge is -2.26. The van der Waals surface area contributed by atoms with Gasteiger partial charge in [-0.25, -0.2) is 8.42 Å². The zero-order valence-electron chi connectivity index (χ0n) is 17.7. The molecule has 166 valence electrons. The highest BCUT2D eigenvalue weighted by Gasteiger charge is 2.26. The molecule has 1 heterocycles. The van der Waals surface area contributed by atoms with Crippen LogP contribution in [0.5, 0.6) is 0 Å². The lowest BCUT2D eigenvalue weighted by Crippen LogP contribution is -2.40. The molecule has 1 aliphatic rings. The van der Waals surface area contributed by atoms with Gasteiger partial charge in [0.15, 0.2) is 0 Å². The van der Waals surface area contributed by atoms with E-state index in [0.717, 1.165) is 11.1 Å². The van der Waals surface area contributed by atoms with E-state index in [2.05, 4.69) is 10.6 Å². The van der Waals surface area contributed by atoms with Gasteiger partial charge >= 0.3 is 0 Å². The second-order valence-corrected chi connectivity index (χ2v) is 9.36. The molecule has 0 saturated carbocycles. The highest BCUT2D eigenvalue weighted by molar-refractivity contribution is 7.89. The highest BCUT2D eigenvalue weighted by atomic mass is 32.2. The fraction of sp³-hybridized carbons (Fsp3) is 0.364. The van der Waals surface area contributed by atoms with Crippen molar-refractivity contribution in [1.29, 1.82) is 0 Å². The molecule has 0 bridgehead atoms. The van der Waals surface area contributed by atoms with Crippen LogP contribution in [-0.4, -0.2) is 50.8 Å². The van der Waals surface area contributed by atoms with Gasteiger partial charge in [-0.2, -0.15) is 4.31 Å². The van der Waals surface area contributed by atoms with Crippen LogP contribution >= 0.6 is 0 Å². The minimum Gasteiger partial charge on any atom is -0.379 e. The van der Waals surface area contributed by atoms with Crippen LogP contribution in [0.15, 0.2) is 47.4 Å². The molecule has 0 spiro atoms. The summed E-state index contributed by atoms with van der Waals surface area (Å²) in [6.07, 6.45) is 0.730. The Morgan fingerprint density at radius 1 is 1.03 bits per heavy atom. The van der Waals surface area contributed by atoms with Crippen LogP contribution < -0.4 is 10.6 Å². The molecule has 8 nitrogen and oxygen atoms in total. The van der Waals surface area contributed by atoms with Crippen LogP contribution in [0.25, 0.3) is 0 Å². The summed E-state index contributed by atoms with van der Waals surface area (Å²) >= 11 is 0. The summed E-state index contributed by atoms with van der Waals surface area (Å²) in [4.78, 5) is 23.9. The summed E-state index contributed by atoms with van der Waals surface area (Å²) in [6, 6.07) is 12.0. The summed E-state index contributed by atoms with van der Waals surface area (Å²) in [5.74, 6) is -0.340. The SMILES string of the molecule is CC(=O)Nc1ccc(C)c(NC(=O)CCc2ccc(S(=O)(=O)N3CCOCC3)cc2)c1. The molecule has 31 heavy (non-hydrogen) atoms. The molecule has 1 fully saturated rings. The molecule has 9 heteroatoms. The van der Waals surface area contributed by atoms with Gasteiger partial charge in [0.05, 0.1) is 18.1 Å². The average molecular weight is 446 g/mol.